The lowest BCUT2D eigenvalue weighted by Crippen LogP contribution is -2.41. The van der Waals surface area contributed by atoms with Crippen LogP contribution in [0.25, 0.3) is 10.6 Å². The first-order valence-electron chi connectivity index (χ1n) is 17.6. The first kappa shape index (κ1) is 45.0. The Hall–Kier alpha value is -3.44. The Morgan fingerprint density at radius 3 is 1.57 bits per heavy atom. The van der Waals surface area contributed by atoms with E-state index in [1.807, 2.05) is 105 Å². The lowest BCUT2D eigenvalue weighted by molar-refractivity contribution is 0.00578. The molecule has 0 spiro atoms. The van der Waals surface area contributed by atoms with E-state index in [2.05, 4.69) is 74.2 Å². The van der Waals surface area contributed by atoms with Gasteiger partial charge in [0, 0.05) is 18.1 Å². The normalized spacial score (nSPS) is 15.8. The zero-order chi connectivity index (χ0) is 40.6. The molecule has 2 amide bonds. The molecule has 0 bridgehead atoms. The van der Waals surface area contributed by atoms with Gasteiger partial charge in [-0.15, -0.1) is 22.7 Å². The van der Waals surface area contributed by atoms with E-state index in [0.717, 1.165) is 42.5 Å². The van der Waals surface area contributed by atoms with Gasteiger partial charge in [0.25, 0.3) is 0 Å². The monoisotopic (exact) mass is 844 g/mol. The largest absolute Gasteiger partial charge is 0.507 e. The molecule has 294 valence electrons. The maximum absolute atomic E-state index is 11.8. The van der Waals surface area contributed by atoms with Crippen LogP contribution < -0.4 is 15.4 Å². The number of ether oxygens (including phenoxy) is 2. The average Bonchev–Trinajstić information content (AvgIpc) is 3.72. The second-order valence-electron chi connectivity index (χ2n) is 15.8. The highest BCUT2D eigenvalue weighted by Crippen LogP contribution is 2.37. The Kier molecular flexibility index (Phi) is 15.4. The molecule has 4 aromatic heterocycles. The van der Waals surface area contributed by atoms with Gasteiger partial charge in [0.05, 0.1) is 55.3 Å². The van der Waals surface area contributed by atoms with Crippen molar-refractivity contribution in [3.8, 4) is 10.6 Å². The van der Waals surface area contributed by atoms with E-state index in [1.165, 1.54) is 0 Å². The molecule has 5 rings (SSSR count). The minimum atomic E-state index is -0.504. The Labute approximate surface area is 336 Å². The smallest absolute Gasteiger partial charge is 0.444 e. The van der Waals surface area contributed by atoms with Crippen LogP contribution in [-0.2, 0) is 18.8 Å². The van der Waals surface area contributed by atoms with Crippen molar-refractivity contribution in [2.45, 2.75) is 131 Å². The molecule has 16 heteroatoms. The third kappa shape index (κ3) is 13.7. The summed E-state index contributed by atoms with van der Waals surface area (Å²) in [5, 5.41) is 5.56. The molecule has 2 atom stereocenters. The second-order valence-corrected chi connectivity index (χ2v) is 18.3. The molecule has 0 radical (unpaired) electrons. The molecule has 1 aliphatic rings. The predicted molar refractivity (Wildman–Crippen MR) is 220 cm³/mol. The van der Waals surface area contributed by atoms with Crippen LogP contribution >= 0.6 is 38.6 Å². The number of aryl methyl sites for hydroxylation is 2. The highest BCUT2D eigenvalue weighted by molar-refractivity contribution is 9.10. The van der Waals surface area contributed by atoms with Crippen LogP contribution in [0.3, 0.4) is 0 Å². The predicted octanol–water partition coefficient (Wildman–Crippen LogP) is 9.28. The van der Waals surface area contributed by atoms with Crippen molar-refractivity contribution in [1.82, 2.24) is 30.6 Å². The lowest BCUT2D eigenvalue weighted by atomic mass is 9.86. The number of hydrogen-bond acceptors (Lipinski definition) is 12. The summed E-state index contributed by atoms with van der Waals surface area (Å²) < 4.78 is 24.1. The van der Waals surface area contributed by atoms with Gasteiger partial charge in [-0.2, -0.15) is 0 Å². The Morgan fingerprint density at radius 2 is 1.20 bits per heavy atom. The van der Waals surface area contributed by atoms with Crippen LogP contribution in [0, 0.1) is 13.8 Å². The Morgan fingerprint density at radius 1 is 0.741 bits per heavy atom. The molecule has 1 aliphatic heterocycles. The zero-order valence-electron chi connectivity index (χ0n) is 33.8. The summed E-state index contributed by atoms with van der Waals surface area (Å²) in [6, 6.07) is 7.35. The van der Waals surface area contributed by atoms with Gasteiger partial charge in [-0.25, -0.2) is 19.6 Å². The van der Waals surface area contributed by atoms with Crippen molar-refractivity contribution >= 4 is 62.7 Å². The van der Waals surface area contributed by atoms with Crippen molar-refractivity contribution in [1.29, 1.82) is 0 Å². The van der Waals surface area contributed by atoms with Crippen LogP contribution in [0.4, 0.5) is 9.59 Å². The molecule has 5 heterocycles. The van der Waals surface area contributed by atoms with E-state index in [1.54, 1.807) is 35.1 Å². The van der Waals surface area contributed by atoms with Gasteiger partial charge in [-0.05, 0) is 136 Å². The number of thiazole rings is 2. The number of aromatic nitrogens is 4. The minimum absolute atomic E-state index is 0.134. The third-order valence-electron chi connectivity index (χ3n) is 8.23. The highest BCUT2D eigenvalue weighted by Gasteiger charge is 2.52. The second kappa shape index (κ2) is 18.5. The van der Waals surface area contributed by atoms with E-state index in [-0.39, 0.29) is 30.4 Å². The van der Waals surface area contributed by atoms with Crippen molar-refractivity contribution in [2.75, 3.05) is 0 Å². The van der Waals surface area contributed by atoms with E-state index in [0.29, 0.717) is 0 Å². The molecule has 0 aliphatic carbocycles. The van der Waals surface area contributed by atoms with E-state index < -0.39 is 23.4 Å². The molecule has 54 heavy (non-hydrogen) atoms. The average molecular weight is 846 g/mol. The summed E-state index contributed by atoms with van der Waals surface area (Å²) in [6.07, 6.45) is 2.64. The number of halogens is 1. The summed E-state index contributed by atoms with van der Waals surface area (Å²) in [4.78, 5) is 41.4. The van der Waals surface area contributed by atoms with Crippen LogP contribution in [0.5, 0.6) is 0 Å². The summed E-state index contributed by atoms with van der Waals surface area (Å²) in [7, 11) is -0.262. The topological polar surface area (TPSA) is 147 Å². The van der Waals surface area contributed by atoms with Gasteiger partial charge in [-0.3, -0.25) is 9.97 Å². The maximum Gasteiger partial charge on any atom is 0.507 e. The highest BCUT2D eigenvalue weighted by atomic mass is 79.9. The molecule has 1 fully saturated rings. The number of nitrogens with zero attached hydrogens (tertiary/aromatic N) is 4. The fraction of sp³-hybridized carbons (Fsp3) is 0.526. The number of hydrogen-bond donors (Lipinski definition) is 2. The third-order valence-corrected chi connectivity index (χ3v) is 10.6. The standard InChI is InChI=1S/C16H21N3O2S.C12H17BrN2O2.C10H16BNO2S/c1-10(19-15(20)21-16(3,4)5)12-6-7-13(17-8-12)14-11(2)18-9-22-14;1-8(9-5-6-10(13)14-7-9)15-11(16)17-12(2,3)4;1-7-8(15-6-12-7)11-13-9(2,3)10(4,5)14-11/h6-10H,1-5H3,(H,19,20);5-8H,1-4H3,(H,15,16);6H,1-5H3/t10-;8-;/m00./s1. The van der Waals surface area contributed by atoms with Gasteiger partial charge in [-0.1, -0.05) is 12.1 Å². The molecule has 4 aromatic rings. The Bertz CT molecular complexity index is 1800. The quantitative estimate of drug-likeness (QED) is 0.142. The summed E-state index contributed by atoms with van der Waals surface area (Å²) in [5.74, 6) is 0. The van der Waals surface area contributed by atoms with Crippen molar-refractivity contribution in [3.05, 3.63) is 74.8 Å². The number of rotatable bonds is 6. The Balaban J connectivity index is 0.000000222. The van der Waals surface area contributed by atoms with Crippen LogP contribution in [-0.4, -0.2) is 61.6 Å². The van der Waals surface area contributed by atoms with E-state index in [9.17, 15) is 9.59 Å². The first-order valence-corrected chi connectivity index (χ1v) is 20.1. The van der Waals surface area contributed by atoms with Crippen molar-refractivity contribution < 1.29 is 28.4 Å². The number of nitrogens with one attached hydrogen (secondary N) is 2. The number of carbonyl (C=O) groups excluding carboxylic acids is 2. The fourth-order valence-corrected chi connectivity index (χ4v) is 6.38. The van der Waals surface area contributed by atoms with Gasteiger partial charge in [0.15, 0.2) is 0 Å². The van der Waals surface area contributed by atoms with E-state index in [4.69, 9.17) is 18.8 Å². The number of pyridine rings is 2. The maximum atomic E-state index is 11.8. The molecule has 0 saturated carbocycles. The molecule has 12 nitrogen and oxygen atoms in total. The van der Waals surface area contributed by atoms with Gasteiger partial charge in [0.1, 0.15) is 15.8 Å². The van der Waals surface area contributed by atoms with Crippen LogP contribution in [0.2, 0.25) is 0 Å². The van der Waals surface area contributed by atoms with Gasteiger partial charge < -0.3 is 29.4 Å². The molecular weight excluding hydrogens is 791 g/mol. The van der Waals surface area contributed by atoms with E-state index >= 15 is 0 Å². The SMILES string of the molecule is C[C@H](NC(=O)OC(C)(C)C)c1ccc(Br)nc1.Cc1ncsc1-c1ccc([C@H](C)NC(=O)OC(C)(C)C)cn1.Cc1ncsc1B1OC(C)(C)C(C)(C)O1. The summed E-state index contributed by atoms with van der Waals surface area (Å²) in [6.45, 7) is 27.0. The minimum Gasteiger partial charge on any atom is -0.444 e. The molecular formula is C38H54BBrN6O6S2. The molecule has 0 aromatic carbocycles. The van der Waals surface area contributed by atoms with Gasteiger partial charge in [0.2, 0.25) is 0 Å². The van der Waals surface area contributed by atoms with Crippen molar-refractivity contribution in [3.63, 3.8) is 0 Å². The van der Waals surface area contributed by atoms with Crippen molar-refractivity contribution in [2.24, 2.45) is 0 Å². The van der Waals surface area contributed by atoms with Crippen LogP contribution in [0.1, 0.15) is 118 Å². The molecule has 0 unspecified atom stereocenters. The van der Waals surface area contributed by atoms with Gasteiger partial charge >= 0.3 is 19.3 Å². The number of alkyl carbamates (subject to hydrolysis) is 2. The summed E-state index contributed by atoms with van der Waals surface area (Å²) in [5.41, 5.74) is 6.84. The number of carbonyl (C=O) groups is 2. The zero-order valence-corrected chi connectivity index (χ0v) is 37.0. The number of amides is 2. The summed E-state index contributed by atoms with van der Waals surface area (Å²) >= 11 is 6.42. The lowest BCUT2D eigenvalue weighted by Gasteiger charge is -2.32. The fourth-order valence-electron chi connectivity index (χ4n) is 4.61. The first-order chi connectivity index (χ1) is 24.9. The molecule has 2 N–H and O–H groups in total. The molecule has 1 saturated heterocycles. The van der Waals surface area contributed by atoms with Crippen LogP contribution in [0.15, 0.2) is 52.3 Å².